The van der Waals surface area contributed by atoms with Crippen LogP contribution in [0.3, 0.4) is 0 Å². The van der Waals surface area contributed by atoms with Gasteiger partial charge in [-0.2, -0.15) is 0 Å². The molecule has 3 nitrogen and oxygen atoms in total. The van der Waals surface area contributed by atoms with E-state index < -0.39 is 5.79 Å². The molecule has 18 heavy (non-hydrogen) atoms. The molecule has 0 aliphatic carbocycles. The Balaban J connectivity index is 1.89. The second-order valence-corrected chi connectivity index (χ2v) is 5.00. The third kappa shape index (κ3) is 3.42. The minimum Gasteiger partial charge on any atom is -0.348 e. The van der Waals surface area contributed by atoms with Gasteiger partial charge >= 0.3 is 0 Å². The maximum atomic E-state index is 5.83. The summed E-state index contributed by atoms with van der Waals surface area (Å²) < 4.78 is 11.4. The first kappa shape index (κ1) is 13.3. The fourth-order valence-corrected chi connectivity index (χ4v) is 2.09. The van der Waals surface area contributed by atoms with Crippen LogP contribution in [0, 0.1) is 0 Å². The molecular formula is C15H21NO2. The Kier molecular flexibility index (Phi) is 4.17. The van der Waals surface area contributed by atoms with Crippen molar-refractivity contribution < 1.29 is 9.47 Å². The highest BCUT2D eigenvalue weighted by atomic mass is 16.7. The highest BCUT2D eigenvalue weighted by molar-refractivity contribution is 5.14. The van der Waals surface area contributed by atoms with E-state index in [4.69, 9.17) is 9.47 Å². The van der Waals surface area contributed by atoms with Gasteiger partial charge in [-0.05, 0) is 19.4 Å². The normalized spacial score (nSPS) is 23.8. The van der Waals surface area contributed by atoms with Gasteiger partial charge in [0, 0.05) is 6.54 Å². The van der Waals surface area contributed by atoms with Crippen molar-refractivity contribution in [1.29, 1.82) is 0 Å². The average Bonchev–Trinajstić information content (AvgIpc) is 2.72. The van der Waals surface area contributed by atoms with E-state index in [0.717, 1.165) is 6.54 Å². The van der Waals surface area contributed by atoms with E-state index in [2.05, 4.69) is 24.0 Å². The van der Waals surface area contributed by atoms with Crippen LogP contribution in [-0.2, 0) is 16.0 Å². The topological polar surface area (TPSA) is 30.5 Å². The zero-order valence-electron chi connectivity index (χ0n) is 11.1. The van der Waals surface area contributed by atoms with Gasteiger partial charge in [0.15, 0.2) is 5.79 Å². The van der Waals surface area contributed by atoms with Gasteiger partial charge in [0.05, 0.1) is 12.6 Å². The zero-order chi connectivity index (χ0) is 13.0. The summed E-state index contributed by atoms with van der Waals surface area (Å²) in [6.07, 6.45) is 1.92. The molecule has 0 bridgehead atoms. The maximum Gasteiger partial charge on any atom is 0.163 e. The van der Waals surface area contributed by atoms with E-state index in [1.165, 1.54) is 5.56 Å². The summed E-state index contributed by atoms with van der Waals surface area (Å²) in [5, 5.41) is 3.44. The third-order valence-electron chi connectivity index (χ3n) is 3.07. The number of nitrogens with one attached hydrogen (secondary N) is 1. The standard InChI is InChI=1S/C15H21NO2/c1-4-13(14-11-17-15(2,3)18-14)16-10-12-8-6-5-7-9-12/h4-9,13-14,16H,1,10-11H2,2-3H3/t13-,14+/m1/s1. The third-order valence-corrected chi connectivity index (χ3v) is 3.07. The number of hydrogen-bond donors (Lipinski definition) is 1. The number of benzene rings is 1. The molecule has 2 rings (SSSR count). The quantitative estimate of drug-likeness (QED) is 0.811. The van der Waals surface area contributed by atoms with Crippen molar-refractivity contribution in [2.45, 2.75) is 38.3 Å². The smallest absolute Gasteiger partial charge is 0.163 e. The van der Waals surface area contributed by atoms with Gasteiger partial charge in [-0.15, -0.1) is 6.58 Å². The van der Waals surface area contributed by atoms with Crippen LogP contribution >= 0.6 is 0 Å². The first-order valence-electron chi connectivity index (χ1n) is 6.32. The predicted molar refractivity (Wildman–Crippen MR) is 72.2 cm³/mol. The second kappa shape index (κ2) is 5.65. The van der Waals surface area contributed by atoms with Gasteiger partial charge in [-0.3, -0.25) is 0 Å². The van der Waals surface area contributed by atoms with E-state index in [1.54, 1.807) is 0 Å². The molecule has 0 unspecified atom stereocenters. The first-order valence-corrected chi connectivity index (χ1v) is 6.32. The maximum absolute atomic E-state index is 5.83. The van der Waals surface area contributed by atoms with E-state index >= 15 is 0 Å². The molecule has 1 saturated heterocycles. The molecule has 1 fully saturated rings. The van der Waals surface area contributed by atoms with E-state index in [-0.39, 0.29) is 12.1 Å². The van der Waals surface area contributed by atoms with Gasteiger partial charge in [-0.25, -0.2) is 0 Å². The van der Waals surface area contributed by atoms with E-state index in [1.807, 2.05) is 38.1 Å². The van der Waals surface area contributed by atoms with Crippen LogP contribution in [0.5, 0.6) is 0 Å². The average molecular weight is 247 g/mol. The summed E-state index contributed by atoms with van der Waals surface area (Å²) in [5.74, 6) is -0.486. The van der Waals surface area contributed by atoms with Gasteiger partial charge < -0.3 is 14.8 Å². The monoisotopic (exact) mass is 247 g/mol. The first-order chi connectivity index (χ1) is 8.61. The molecule has 0 amide bonds. The van der Waals surface area contributed by atoms with Gasteiger partial charge in [0.2, 0.25) is 0 Å². The molecule has 1 aromatic rings. The molecular weight excluding hydrogens is 226 g/mol. The van der Waals surface area contributed by atoms with Crippen molar-refractivity contribution in [2.75, 3.05) is 6.61 Å². The van der Waals surface area contributed by atoms with Gasteiger partial charge in [0.25, 0.3) is 0 Å². The molecule has 0 saturated carbocycles. The molecule has 1 N–H and O–H groups in total. The molecule has 3 heteroatoms. The lowest BCUT2D eigenvalue weighted by molar-refractivity contribution is -0.140. The molecule has 0 spiro atoms. The Morgan fingerprint density at radius 3 is 2.72 bits per heavy atom. The number of rotatable bonds is 5. The Morgan fingerprint density at radius 2 is 2.17 bits per heavy atom. The lowest BCUT2D eigenvalue weighted by atomic mass is 10.1. The minimum atomic E-state index is -0.486. The molecule has 1 aliphatic rings. The number of ether oxygens (including phenoxy) is 2. The Hall–Kier alpha value is -1.16. The van der Waals surface area contributed by atoms with Crippen molar-refractivity contribution >= 4 is 0 Å². The van der Waals surface area contributed by atoms with Crippen LogP contribution in [0.4, 0.5) is 0 Å². The minimum absolute atomic E-state index is 0.0289. The van der Waals surface area contributed by atoms with Crippen molar-refractivity contribution in [2.24, 2.45) is 0 Å². The molecule has 0 aromatic heterocycles. The fraction of sp³-hybridized carbons (Fsp3) is 0.467. The van der Waals surface area contributed by atoms with Crippen molar-refractivity contribution in [3.05, 3.63) is 48.6 Å². The molecule has 1 heterocycles. The van der Waals surface area contributed by atoms with Crippen LogP contribution < -0.4 is 5.32 Å². The van der Waals surface area contributed by atoms with Crippen molar-refractivity contribution in [1.82, 2.24) is 5.32 Å². The van der Waals surface area contributed by atoms with Crippen LogP contribution in [0.1, 0.15) is 19.4 Å². The van der Waals surface area contributed by atoms with E-state index in [9.17, 15) is 0 Å². The lowest BCUT2D eigenvalue weighted by Gasteiger charge is -2.22. The zero-order valence-corrected chi connectivity index (χ0v) is 11.1. The van der Waals surface area contributed by atoms with Gasteiger partial charge in [-0.1, -0.05) is 36.4 Å². The van der Waals surface area contributed by atoms with Crippen molar-refractivity contribution in [3.8, 4) is 0 Å². The van der Waals surface area contributed by atoms with Crippen LogP contribution in [0.2, 0.25) is 0 Å². The van der Waals surface area contributed by atoms with Gasteiger partial charge in [0.1, 0.15) is 6.10 Å². The summed E-state index contributed by atoms with van der Waals surface area (Å²) in [7, 11) is 0. The highest BCUT2D eigenvalue weighted by Gasteiger charge is 2.36. The summed E-state index contributed by atoms with van der Waals surface area (Å²) in [4.78, 5) is 0. The predicted octanol–water partition coefficient (Wildman–Crippen LogP) is 2.48. The SMILES string of the molecule is C=C[C@@H](NCc1ccccc1)[C@@H]1COC(C)(C)O1. The largest absolute Gasteiger partial charge is 0.348 e. The fourth-order valence-electron chi connectivity index (χ4n) is 2.09. The molecule has 1 aromatic carbocycles. The van der Waals surface area contributed by atoms with E-state index in [0.29, 0.717) is 6.61 Å². The van der Waals surface area contributed by atoms with Crippen molar-refractivity contribution in [3.63, 3.8) is 0 Å². The lowest BCUT2D eigenvalue weighted by Crippen LogP contribution is -2.40. The molecule has 98 valence electrons. The number of hydrogen-bond acceptors (Lipinski definition) is 3. The Bertz CT molecular complexity index is 389. The summed E-state index contributed by atoms with van der Waals surface area (Å²) >= 11 is 0. The second-order valence-electron chi connectivity index (χ2n) is 5.00. The van der Waals surface area contributed by atoms with Crippen LogP contribution in [-0.4, -0.2) is 24.5 Å². The Morgan fingerprint density at radius 1 is 1.44 bits per heavy atom. The Labute approximate surface area is 109 Å². The molecule has 2 atom stereocenters. The summed E-state index contributed by atoms with van der Waals surface area (Å²) in [6, 6.07) is 10.4. The summed E-state index contributed by atoms with van der Waals surface area (Å²) in [5.41, 5.74) is 1.25. The molecule has 0 radical (unpaired) electrons. The highest BCUT2D eigenvalue weighted by Crippen LogP contribution is 2.24. The van der Waals surface area contributed by atoms with Crippen LogP contribution in [0.25, 0.3) is 0 Å². The van der Waals surface area contributed by atoms with Crippen LogP contribution in [0.15, 0.2) is 43.0 Å². The molecule has 1 aliphatic heterocycles. The summed E-state index contributed by atoms with van der Waals surface area (Å²) in [6.45, 7) is 9.14.